The average Bonchev–Trinajstić information content (AvgIpc) is 3.02. The molecule has 1 aromatic carbocycles. The van der Waals surface area contributed by atoms with E-state index < -0.39 is 0 Å². The number of para-hydroxylation sites is 1. The topological polar surface area (TPSA) is 21.3 Å². The molecule has 18 heavy (non-hydrogen) atoms. The fourth-order valence-electron chi connectivity index (χ4n) is 3.80. The highest BCUT2D eigenvalue weighted by Gasteiger charge is 2.38. The normalized spacial score (nSPS) is 29.7. The number of ether oxygens (including phenoxy) is 1. The molecule has 1 N–H and O–H groups in total. The Bertz CT molecular complexity index is 404. The molecule has 2 fully saturated rings. The van der Waals surface area contributed by atoms with Crippen molar-refractivity contribution in [3.63, 3.8) is 0 Å². The second kappa shape index (κ2) is 5.31. The van der Waals surface area contributed by atoms with Gasteiger partial charge in [-0.15, -0.1) is 0 Å². The van der Waals surface area contributed by atoms with Gasteiger partial charge in [0.25, 0.3) is 0 Å². The van der Waals surface area contributed by atoms with Crippen LogP contribution in [0, 0.1) is 11.8 Å². The predicted molar refractivity (Wildman–Crippen MR) is 73.9 cm³/mol. The third-order valence-corrected chi connectivity index (χ3v) is 4.73. The summed E-state index contributed by atoms with van der Waals surface area (Å²) in [5.41, 5.74) is 1.32. The van der Waals surface area contributed by atoms with Crippen molar-refractivity contribution in [1.82, 2.24) is 5.32 Å². The summed E-state index contributed by atoms with van der Waals surface area (Å²) in [6.07, 6.45) is 6.90. The van der Waals surface area contributed by atoms with Crippen molar-refractivity contribution in [2.45, 2.75) is 38.1 Å². The lowest BCUT2D eigenvalue weighted by molar-refractivity contribution is 0.352. The number of methoxy groups -OCH3 is 1. The lowest BCUT2D eigenvalue weighted by Crippen LogP contribution is -2.35. The maximum absolute atomic E-state index is 5.39. The highest BCUT2D eigenvalue weighted by molar-refractivity contribution is 5.33. The van der Waals surface area contributed by atoms with Gasteiger partial charge in [-0.1, -0.05) is 24.6 Å². The maximum atomic E-state index is 5.39. The second-order valence-electron chi connectivity index (χ2n) is 5.80. The predicted octanol–water partition coefficient (Wildman–Crippen LogP) is 3.02. The fraction of sp³-hybridized carbons (Fsp3) is 0.625. The lowest BCUT2D eigenvalue weighted by atomic mass is 9.95. The second-order valence-corrected chi connectivity index (χ2v) is 5.80. The van der Waals surface area contributed by atoms with Gasteiger partial charge in [-0.05, 0) is 55.7 Å². The number of hydrogen-bond donors (Lipinski definition) is 1. The number of rotatable bonds is 5. The molecule has 1 aromatic rings. The molecule has 0 unspecified atom stereocenters. The summed E-state index contributed by atoms with van der Waals surface area (Å²) in [6, 6.07) is 9.13. The van der Waals surface area contributed by atoms with Crippen LogP contribution in [-0.4, -0.2) is 19.7 Å². The van der Waals surface area contributed by atoms with E-state index in [2.05, 4.69) is 17.4 Å². The summed E-state index contributed by atoms with van der Waals surface area (Å²) in [5.74, 6) is 3.01. The van der Waals surface area contributed by atoms with E-state index in [1.807, 2.05) is 12.1 Å². The molecular weight excluding hydrogens is 222 g/mol. The van der Waals surface area contributed by atoms with Crippen LogP contribution in [0.15, 0.2) is 24.3 Å². The van der Waals surface area contributed by atoms with Crippen LogP contribution in [0.4, 0.5) is 0 Å². The Kier molecular flexibility index (Phi) is 3.55. The minimum atomic E-state index is 0.790. The Morgan fingerprint density at radius 1 is 1.22 bits per heavy atom. The largest absolute Gasteiger partial charge is 0.496 e. The van der Waals surface area contributed by atoms with Crippen LogP contribution < -0.4 is 10.1 Å². The van der Waals surface area contributed by atoms with E-state index in [4.69, 9.17) is 4.74 Å². The Balaban J connectivity index is 1.50. The number of fused-ring (bicyclic) bond motifs is 2. The summed E-state index contributed by atoms with van der Waals surface area (Å²) in [6.45, 7) is 1.08. The van der Waals surface area contributed by atoms with Gasteiger partial charge in [0.2, 0.25) is 0 Å². The van der Waals surface area contributed by atoms with E-state index in [0.717, 1.165) is 36.6 Å². The van der Waals surface area contributed by atoms with Crippen LogP contribution >= 0.6 is 0 Å². The van der Waals surface area contributed by atoms with Gasteiger partial charge < -0.3 is 10.1 Å². The van der Waals surface area contributed by atoms with Crippen LogP contribution in [0.1, 0.15) is 31.2 Å². The molecule has 3 atom stereocenters. The van der Waals surface area contributed by atoms with Gasteiger partial charge in [0.15, 0.2) is 0 Å². The van der Waals surface area contributed by atoms with Gasteiger partial charge >= 0.3 is 0 Å². The van der Waals surface area contributed by atoms with Gasteiger partial charge in [0, 0.05) is 6.04 Å². The zero-order chi connectivity index (χ0) is 12.4. The Morgan fingerprint density at radius 2 is 2.11 bits per heavy atom. The summed E-state index contributed by atoms with van der Waals surface area (Å²) in [5, 5.41) is 3.76. The standard InChI is InChI=1S/C16H23NO/c1-18-16-5-3-2-4-13(16)8-9-17-15-11-12-6-7-14(15)10-12/h2-5,12,14-15,17H,6-11H2,1H3/t12-,14+,15+/m0/s1. The lowest BCUT2D eigenvalue weighted by Gasteiger charge is -2.23. The van der Waals surface area contributed by atoms with Gasteiger partial charge in [-0.2, -0.15) is 0 Å². The fourth-order valence-corrected chi connectivity index (χ4v) is 3.80. The Morgan fingerprint density at radius 3 is 2.83 bits per heavy atom. The minimum Gasteiger partial charge on any atom is -0.496 e. The first-order chi connectivity index (χ1) is 8.86. The molecular formula is C16H23NO. The quantitative estimate of drug-likeness (QED) is 0.861. The van der Waals surface area contributed by atoms with Crippen molar-refractivity contribution < 1.29 is 4.74 Å². The highest BCUT2D eigenvalue weighted by Crippen LogP contribution is 2.44. The molecule has 0 radical (unpaired) electrons. The molecule has 98 valence electrons. The summed E-state index contributed by atoms with van der Waals surface area (Å²) < 4.78 is 5.39. The van der Waals surface area contributed by atoms with Crippen molar-refractivity contribution in [3.8, 4) is 5.75 Å². The number of nitrogens with one attached hydrogen (secondary N) is 1. The zero-order valence-corrected chi connectivity index (χ0v) is 11.2. The maximum Gasteiger partial charge on any atom is 0.122 e. The molecule has 2 nitrogen and oxygen atoms in total. The van der Waals surface area contributed by atoms with Crippen molar-refractivity contribution in [3.05, 3.63) is 29.8 Å². The van der Waals surface area contributed by atoms with Crippen molar-refractivity contribution >= 4 is 0 Å². The van der Waals surface area contributed by atoms with E-state index in [1.54, 1.807) is 7.11 Å². The monoisotopic (exact) mass is 245 g/mol. The Hall–Kier alpha value is -1.02. The molecule has 2 bridgehead atoms. The van der Waals surface area contributed by atoms with Crippen molar-refractivity contribution in [1.29, 1.82) is 0 Å². The van der Waals surface area contributed by atoms with Crippen LogP contribution in [0.25, 0.3) is 0 Å². The highest BCUT2D eigenvalue weighted by atomic mass is 16.5. The van der Waals surface area contributed by atoms with Crippen molar-refractivity contribution in [2.75, 3.05) is 13.7 Å². The molecule has 2 heteroatoms. The van der Waals surface area contributed by atoms with Gasteiger partial charge in [0.05, 0.1) is 7.11 Å². The summed E-state index contributed by atoms with van der Waals surface area (Å²) in [4.78, 5) is 0. The first-order valence-corrected chi connectivity index (χ1v) is 7.22. The van der Waals surface area contributed by atoms with Gasteiger partial charge in [-0.3, -0.25) is 0 Å². The van der Waals surface area contributed by atoms with E-state index in [1.165, 1.54) is 31.2 Å². The first-order valence-electron chi connectivity index (χ1n) is 7.22. The van der Waals surface area contributed by atoms with Crippen LogP contribution in [0.3, 0.4) is 0 Å². The summed E-state index contributed by atoms with van der Waals surface area (Å²) >= 11 is 0. The number of hydrogen-bond acceptors (Lipinski definition) is 2. The van der Waals surface area contributed by atoms with E-state index in [9.17, 15) is 0 Å². The number of benzene rings is 1. The first kappa shape index (κ1) is 12.0. The van der Waals surface area contributed by atoms with Gasteiger partial charge in [0.1, 0.15) is 5.75 Å². The van der Waals surface area contributed by atoms with Gasteiger partial charge in [-0.25, -0.2) is 0 Å². The molecule has 2 aliphatic rings. The van der Waals surface area contributed by atoms with E-state index in [-0.39, 0.29) is 0 Å². The zero-order valence-electron chi connectivity index (χ0n) is 11.2. The molecule has 0 aromatic heterocycles. The minimum absolute atomic E-state index is 0.790. The van der Waals surface area contributed by atoms with E-state index in [0.29, 0.717) is 0 Å². The molecule has 3 rings (SSSR count). The third-order valence-electron chi connectivity index (χ3n) is 4.73. The summed E-state index contributed by atoms with van der Waals surface area (Å²) in [7, 11) is 1.75. The van der Waals surface area contributed by atoms with Crippen LogP contribution in [0.2, 0.25) is 0 Å². The van der Waals surface area contributed by atoms with Crippen LogP contribution in [-0.2, 0) is 6.42 Å². The average molecular weight is 245 g/mol. The van der Waals surface area contributed by atoms with Crippen molar-refractivity contribution in [2.24, 2.45) is 11.8 Å². The molecule has 0 amide bonds. The van der Waals surface area contributed by atoms with Crippen LogP contribution in [0.5, 0.6) is 5.75 Å². The molecule has 0 aliphatic heterocycles. The Labute approximate surface area is 110 Å². The van der Waals surface area contributed by atoms with E-state index >= 15 is 0 Å². The molecule has 0 spiro atoms. The molecule has 2 saturated carbocycles. The smallest absolute Gasteiger partial charge is 0.122 e. The molecule has 0 saturated heterocycles. The molecule has 2 aliphatic carbocycles. The molecule has 0 heterocycles. The third kappa shape index (κ3) is 2.39. The SMILES string of the molecule is COc1ccccc1CCN[C@@H]1C[C@H]2CC[C@@H]1C2.